The molecule has 74 heavy (non-hydrogen) atoms. The lowest BCUT2D eigenvalue weighted by Crippen LogP contribution is -2.57. The van der Waals surface area contributed by atoms with Crippen LogP contribution in [0.15, 0.2) is 89.0 Å². The fourth-order valence-electron chi connectivity index (χ4n) is 10.9. The van der Waals surface area contributed by atoms with Crippen LogP contribution in [0, 0.1) is 12.8 Å². The predicted octanol–water partition coefficient (Wildman–Crippen LogP) is 5.59. The Morgan fingerprint density at radius 2 is 1.59 bits per heavy atom. The number of carbonyl (C=O) groups excluding carboxylic acids is 2. The molecule has 11 rings (SSSR count). The van der Waals surface area contributed by atoms with Gasteiger partial charge in [-0.05, 0) is 72.7 Å². The normalized spacial score (nSPS) is 20.7. The number of ether oxygens (including phenoxy) is 2. The summed E-state index contributed by atoms with van der Waals surface area (Å²) in [5.41, 5.74) is 14.4. The Morgan fingerprint density at radius 3 is 2.31 bits per heavy atom. The lowest BCUT2D eigenvalue weighted by atomic mass is 9.91. The van der Waals surface area contributed by atoms with Crippen molar-refractivity contribution in [2.24, 2.45) is 5.92 Å². The number of carbonyl (C=O) groups is 2. The number of aliphatic hydroxyl groups excluding tert-OH is 1. The Hall–Kier alpha value is -6.87. The van der Waals surface area contributed by atoms with Crippen LogP contribution in [0.2, 0.25) is 0 Å². The number of aliphatic hydroxyl groups is 1. The van der Waals surface area contributed by atoms with Crippen LogP contribution in [-0.4, -0.2) is 158 Å². The zero-order valence-electron chi connectivity index (χ0n) is 42.3. The molecular formula is C54H66N12O7S. The van der Waals surface area contributed by atoms with Crippen molar-refractivity contribution in [2.45, 2.75) is 83.1 Å². The Bertz CT molecular complexity index is 2870. The number of aromatic hydroxyl groups is 1. The van der Waals surface area contributed by atoms with Gasteiger partial charge in [0, 0.05) is 114 Å². The molecule has 20 heteroatoms. The van der Waals surface area contributed by atoms with Crippen molar-refractivity contribution in [2.75, 3.05) is 87.7 Å². The van der Waals surface area contributed by atoms with Crippen molar-refractivity contribution in [1.29, 1.82) is 0 Å². The highest BCUT2D eigenvalue weighted by Gasteiger charge is 2.44. The van der Waals surface area contributed by atoms with Crippen LogP contribution in [0.5, 0.6) is 17.5 Å². The van der Waals surface area contributed by atoms with Crippen LogP contribution < -0.4 is 30.3 Å². The van der Waals surface area contributed by atoms with E-state index >= 15 is 0 Å². The topological polar surface area (TPSA) is 225 Å². The molecule has 5 aliphatic rings. The Labute approximate surface area is 435 Å². The van der Waals surface area contributed by atoms with Gasteiger partial charge in [0.2, 0.25) is 17.7 Å². The second kappa shape index (κ2) is 22.7. The average Bonchev–Trinajstić information content (AvgIpc) is 4.09. The zero-order chi connectivity index (χ0) is 51.3. The van der Waals surface area contributed by atoms with Gasteiger partial charge in [0.25, 0.3) is 5.88 Å². The number of aromatic nitrogens is 5. The number of hydrogen-bond donors (Lipinski definition) is 4. The maximum atomic E-state index is 14.2. The number of phenols is 1. The molecule has 5 fully saturated rings. The molecular weight excluding hydrogens is 961 g/mol. The number of likely N-dealkylation sites (tertiary alicyclic amines) is 1. The summed E-state index contributed by atoms with van der Waals surface area (Å²) in [6.07, 6.45) is 4.37. The molecule has 0 spiro atoms. The number of nitrogens with two attached hydrogens (primary N) is 1. The first-order valence-electron chi connectivity index (χ1n) is 25.8. The summed E-state index contributed by atoms with van der Waals surface area (Å²) >= 11 is 1.59. The van der Waals surface area contributed by atoms with Gasteiger partial charge in [0.1, 0.15) is 30.9 Å². The molecule has 390 valence electrons. The largest absolute Gasteiger partial charge is 0.507 e. The molecule has 5 N–H and O–H groups in total. The number of rotatable bonds is 18. The van der Waals surface area contributed by atoms with Gasteiger partial charge in [0.05, 0.1) is 33.6 Å². The number of nitrogen functional groups attached to an aromatic ring is 1. The third-order valence-corrected chi connectivity index (χ3v) is 15.9. The Morgan fingerprint density at radius 1 is 0.878 bits per heavy atom. The molecule has 6 aromatic rings. The molecule has 19 nitrogen and oxygen atoms in total. The first-order chi connectivity index (χ1) is 35.9. The number of pyridine rings is 1. The third-order valence-electron chi connectivity index (χ3n) is 14.9. The highest BCUT2D eigenvalue weighted by atomic mass is 32.1. The summed E-state index contributed by atoms with van der Waals surface area (Å²) in [6.45, 7) is 13.8. The van der Waals surface area contributed by atoms with Crippen LogP contribution in [-0.2, 0) is 16.1 Å². The molecule has 0 radical (unpaired) electrons. The maximum absolute atomic E-state index is 14.2. The molecule has 5 atom stereocenters. The number of fused-ring (bicyclic) bond motifs is 4. The van der Waals surface area contributed by atoms with Gasteiger partial charge < -0.3 is 50.0 Å². The number of thiazole rings is 1. The fourth-order valence-corrected chi connectivity index (χ4v) is 11.7. The molecule has 5 aliphatic heterocycles. The van der Waals surface area contributed by atoms with Gasteiger partial charge in [-0.25, -0.2) is 9.97 Å². The average molecular weight is 1030 g/mol. The summed E-state index contributed by atoms with van der Waals surface area (Å²) in [4.78, 5) is 48.8. The van der Waals surface area contributed by atoms with E-state index in [1.165, 1.54) is 4.90 Å². The van der Waals surface area contributed by atoms with Crippen molar-refractivity contribution < 1.29 is 33.8 Å². The number of para-hydroxylation sites is 1. The van der Waals surface area contributed by atoms with E-state index in [0.717, 1.165) is 98.1 Å². The summed E-state index contributed by atoms with van der Waals surface area (Å²) in [5.74, 6) is 0.335. The summed E-state index contributed by atoms with van der Waals surface area (Å²) in [5, 5.41) is 36.9. The molecule has 0 aliphatic carbocycles. The minimum Gasteiger partial charge on any atom is -0.507 e. The molecule has 2 aromatic carbocycles. The molecule has 2 unspecified atom stereocenters. The third kappa shape index (κ3) is 11.4. The number of β-amino-alcohol motifs (C(OH)–C–C–N with tert-alkyl or cyclic N) is 1. The monoisotopic (exact) mass is 1030 g/mol. The van der Waals surface area contributed by atoms with E-state index in [2.05, 4.69) is 62.4 Å². The number of hydrogen-bond acceptors (Lipinski definition) is 18. The van der Waals surface area contributed by atoms with Gasteiger partial charge >= 0.3 is 0 Å². The summed E-state index contributed by atoms with van der Waals surface area (Å²) in [7, 11) is 0. The van der Waals surface area contributed by atoms with Gasteiger partial charge in [-0.15, -0.1) is 21.5 Å². The highest BCUT2D eigenvalue weighted by Crippen LogP contribution is 2.39. The number of benzene rings is 2. The zero-order valence-corrected chi connectivity index (χ0v) is 43.1. The second-order valence-corrected chi connectivity index (χ2v) is 21.0. The van der Waals surface area contributed by atoms with Gasteiger partial charge in [-0.3, -0.25) is 19.4 Å². The van der Waals surface area contributed by atoms with E-state index in [-0.39, 0.29) is 48.5 Å². The molecule has 4 aromatic heterocycles. The maximum Gasteiger partial charge on any atom is 0.254 e. The SMILES string of the molecule is Cc1ncsc1-c1ccc(CNC(=O)[C@@H]2C[C@@H](O)CN2C(=O)[C@H](c2cc(OCCN3CCN(CCOc4cc(N5CC6CCCC5CN6c5cc(-c6ccccc6O)nnc5N)ccn4)CC3)no2)C(C)C)cc1. The van der Waals surface area contributed by atoms with Crippen LogP contribution >= 0.6 is 11.3 Å². The smallest absolute Gasteiger partial charge is 0.254 e. The van der Waals surface area contributed by atoms with Crippen LogP contribution in [0.3, 0.4) is 0 Å². The number of nitrogens with one attached hydrogen (secondary N) is 1. The van der Waals surface area contributed by atoms with Crippen molar-refractivity contribution in [1.82, 2.24) is 45.3 Å². The van der Waals surface area contributed by atoms with Gasteiger partial charge in [0.15, 0.2) is 11.6 Å². The van der Waals surface area contributed by atoms with E-state index in [0.29, 0.717) is 60.9 Å². The van der Waals surface area contributed by atoms with E-state index < -0.39 is 18.1 Å². The number of anilines is 3. The predicted molar refractivity (Wildman–Crippen MR) is 282 cm³/mol. The molecule has 2 amide bonds. The lowest BCUT2D eigenvalue weighted by molar-refractivity contribution is -0.141. The number of aryl methyl sites for hydroxylation is 1. The Kier molecular flexibility index (Phi) is 15.5. The molecule has 0 saturated carbocycles. The van der Waals surface area contributed by atoms with E-state index in [1.54, 1.807) is 29.5 Å². The van der Waals surface area contributed by atoms with Crippen molar-refractivity contribution >= 4 is 40.3 Å². The van der Waals surface area contributed by atoms with Gasteiger partial charge in [-0.2, -0.15) is 0 Å². The van der Waals surface area contributed by atoms with Crippen LogP contribution in [0.25, 0.3) is 21.7 Å². The second-order valence-electron chi connectivity index (χ2n) is 20.2. The van der Waals surface area contributed by atoms with Crippen molar-refractivity contribution in [3.8, 4) is 39.2 Å². The standard InChI is InChI=1S/C54H66N12O7S/c1-34(2)50(54(70)66-32-41(67)26-45(66)53(69)57-29-36-11-13-37(14-12-36)51-35(3)58-33-74-51)47-28-49(61-73-47)72-24-22-63-19-17-62(18-20-63)21-23-71-48-25-38(15-16-56-48)64-30-40-8-6-7-39(64)31-65(40)44-27-43(59-60-52(44)55)42-9-4-5-10-46(42)68/h4-5,9-16,25,27-28,33-34,39-41,45,50,67-68H,6-8,17-24,26,29-32H2,1-3H3,(H2,55,60)(H,57,69)/t39?,40?,41-,45+,50+/m1/s1. The number of amides is 2. The van der Waals surface area contributed by atoms with E-state index in [9.17, 15) is 19.8 Å². The minimum absolute atomic E-state index is 0.0574. The quantitative estimate of drug-likeness (QED) is 0.0824. The number of nitrogens with zero attached hydrogens (tertiary/aromatic N) is 10. The van der Waals surface area contributed by atoms with Crippen molar-refractivity contribution in [3.63, 3.8) is 0 Å². The fraction of sp³-hybridized carbons (Fsp3) is 0.463. The molecule has 2 bridgehead atoms. The minimum atomic E-state index is -0.818. The number of phenolic OH excluding ortho intramolecular Hbond substituents is 1. The van der Waals surface area contributed by atoms with Crippen LogP contribution in [0.1, 0.15) is 62.5 Å². The Balaban J connectivity index is 0.655. The van der Waals surface area contributed by atoms with Crippen molar-refractivity contribution in [3.05, 3.63) is 102 Å². The summed E-state index contributed by atoms with van der Waals surface area (Å²) < 4.78 is 18.0. The highest BCUT2D eigenvalue weighted by molar-refractivity contribution is 7.13. The number of piperazine rings is 2. The molecule has 9 heterocycles. The first kappa shape index (κ1) is 50.7. The van der Waals surface area contributed by atoms with Crippen LogP contribution in [0.4, 0.5) is 17.2 Å². The first-order valence-corrected chi connectivity index (χ1v) is 26.7. The van der Waals surface area contributed by atoms with Gasteiger partial charge in [-0.1, -0.05) is 50.2 Å². The molecule has 5 saturated heterocycles. The summed E-state index contributed by atoms with van der Waals surface area (Å²) in [6, 6.07) is 22.6. The van der Waals surface area contributed by atoms with E-state index in [4.69, 9.17) is 19.7 Å². The van der Waals surface area contributed by atoms with E-state index in [1.807, 2.05) is 74.9 Å². The lowest BCUT2D eigenvalue weighted by Gasteiger charge is -2.46.